The van der Waals surface area contributed by atoms with Gasteiger partial charge in [-0.3, -0.25) is 4.79 Å². The second-order valence-corrected chi connectivity index (χ2v) is 12.2. The molecule has 1 N–H and O–H groups in total. The van der Waals surface area contributed by atoms with Gasteiger partial charge in [0, 0.05) is 37.3 Å². The van der Waals surface area contributed by atoms with Crippen molar-refractivity contribution in [2.75, 3.05) is 23.3 Å². The van der Waals surface area contributed by atoms with Crippen LogP contribution in [0.3, 0.4) is 0 Å². The number of rotatable bonds is 8. The maximum atomic E-state index is 14.0. The van der Waals surface area contributed by atoms with Crippen molar-refractivity contribution in [3.05, 3.63) is 53.7 Å². The summed E-state index contributed by atoms with van der Waals surface area (Å²) in [7, 11) is 0. The molecule has 0 spiro atoms. The number of anilines is 2. The number of halogens is 2. The molecule has 1 saturated carbocycles. The van der Waals surface area contributed by atoms with Crippen LogP contribution in [0.15, 0.2) is 30.7 Å². The first-order chi connectivity index (χ1) is 19.3. The van der Waals surface area contributed by atoms with Gasteiger partial charge in [-0.1, -0.05) is 38.5 Å². The molecule has 40 heavy (non-hydrogen) atoms. The SMILES string of the molecule is CC1(C)C(=O)Nc2ncnc(N3CCC(c4nc(-c5ccc(F)c(F)c5)cn4CCCCC4CCCC4)CC3)c21. The molecule has 3 aliphatic rings. The highest BCUT2D eigenvalue weighted by Gasteiger charge is 2.43. The average Bonchev–Trinajstić information content (AvgIpc) is 3.67. The minimum absolute atomic E-state index is 0.0566. The molecule has 1 aromatic carbocycles. The number of imidazole rings is 1. The molecular weight excluding hydrogens is 510 g/mol. The summed E-state index contributed by atoms with van der Waals surface area (Å²) in [6.45, 7) is 6.27. The fourth-order valence-corrected chi connectivity index (χ4v) is 6.76. The molecule has 212 valence electrons. The van der Waals surface area contributed by atoms with Gasteiger partial charge in [-0.15, -0.1) is 0 Å². The Bertz CT molecular complexity index is 1390. The van der Waals surface area contributed by atoms with Gasteiger partial charge in [0.15, 0.2) is 11.6 Å². The molecule has 2 aliphatic heterocycles. The lowest BCUT2D eigenvalue weighted by Gasteiger charge is -2.34. The molecule has 2 aromatic heterocycles. The number of benzene rings is 1. The van der Waals surface area contributed by atoms with Gasteiger partial charge in [-0.25, -0.2) is 23.7 Å². The maximum absolute atomic E-state index is 14.0. The predicted octanol–water partition coefficient (Wildman–Crippen LogP) is 6.59. The van der Waals surface area contributed by atoms with Crippen molar-refractivity contribution in [1.82, 2.24) is 19.5 Å². The lowest BCUT2D eigenvalue weighted by Crippen LogP contribution is -2.36. The van der Waals surface area contributed by atoms with Gasteiger partial charge in [0.2, 0.25) is 5.91 Å². The molecule has 7 nitrogen and oxygen atoms in total. The van der Waals surface area contributed by atoms with E-state index in [2.05, 4.69) is 24.8 Å². The normalized spacial score (nSPS) is 19.3. The minimum Gasteiger partial charge on any atom is -0.356 e. The zero-order valence-electron chi connectivity index (χ0n) is 23.4. The second kappa shape index (κ2) is 10.9. The van der Waals surface area contributed by atoms with Crippen molar-refractivity contribution >= 4 is 17.5 Å². The zero-order chi connectivity index (χ0) is 27.9. The van der Waals surface area contributed by atoms with Crippen LogP contribution in [0.1, 0.15) is 88.9 Å². The molecule has 0 radical (unpaired) electrons. The summed E-state index contributed by atoms with van der Waals surface area (Å²) in [6.07, 6.45) is 14.3. The Morgan fingerprint density at radius 2 is 1.80 bits per heavy atom. The van der Waals surface area contributed by atoms with Gasteiger partial charge in [0.25, 0.3) is 0 Å². The first kappa shape index (κ1) is 26.8. The van der Waals surface area contributed by atoms with E-state index in [-0.39, 0.29) is 11.8 Å². The van der Waals surface area contributed by atoms with E-state index in [9.17, 15) is 13.6 Å². The molecule has 0 bridgehead atoms. The summed E-state index contributed by atoms with van der Waals surface area (Å²) in [6, 6.07) is 4.01. The maximum Gasteiger partial charge on any atom is 0.235 e. The van der Waals surface area contributed by atoms with Crippen LogP contribution < -0.4 is 10.2 Å². The summed E-state index contributed by atoms with van der Waals surface area (Å²) in [5.74, 6) is 1.81. The minimum atomic E-state index is -0.855. The van der Waals surface area contributed by atoms with Gasteiger partial charge < -0.3 is 14.8 Å². The Labute approximate surface area is 234 Å². The van der Waals surface area contributed by atoms with Crippen molar-refractivity contribution in [3.8, 4) is 11.3 Å². The van der Waals surface area contributed by atoms with Crippen molar-refractivity contribution < 1.29 is 13.6 Å². The van der Waals surface area contributed by atoms with Crippen LogP contribution in [0.2, 0.25) is 0 Å². The van der Waals surface area contributed by atoms with Crippen molar-refractivity contribution in [1.29, 1.82) is 0 Å². The summed E-state index contributed by atoms with van der Waals surface area (Å²) in [5, 5.41) is 2.90. The molecule has 3 aromatic rings. The van der Waals surface area contributed by atoms with Gasteiger partial charge in [-0.05, 0) is 57.2 Å². The van der Waals surface area contributed by atoms with E-state index in [1.807, 2.05) is 20.0 Å². The van der Waals surface area contributed by atoms with Gasteiger partial charge >= 0.3 is 0 Å². The van der Waals surface area contributed by atoms with E-state index < -0.39 is 17.0 Å². The smallest absolute Gasteiger partial charge is 0.235 e. The van der Waals surface area contributed by atoms with Crippen LogP contribution in [0.4, 0.5) is 20.4 Å². The van der Waals surface area contributed by atoms with Crippen LogP contribution in [0.5, 0.6) is 0 Å². The topological polar surface area (TPSA) is 75.9 Å². The monoisotopic (exact) mass is 548 g/mol. The lowest BCUT2D eigenvalue weighted by molar-refractivity contribution is -0.119. The zero-order valence-corrected chi connectivity index (χ0v) is 23.4. The number of piperidine rings is 1. The number of aromatic nitrogens is 4. The molecule has 4 heterocycles. The number of amides is 1. The van der Waals surface area contributed by atoms with Crippen molar-refractivity contribution in [2.24, 2.45) is 5.92 Å². The van der Waals surface area contributed by atoms with Gasteiger partial charge in [0.1, 0.15) is 23.8 Å². The van der Waals surface area contributed by atoms with E-state index in [1.54, 1.807) is 6.07 Å². The van der Waals surface area contributed by atoms with Crippen LogP contribution >= 0.6 is 0 Å². The highest BCUT2D eigenvalue weighted by Crippen LogP contribution is 2.42. The van der Waals surface area contributed by atoms with Crippen LogP contribution in [0.25, 0.3) is 11.3 Å². The molecular formula is C31H38F2N6O. The number of carbonyl (C=O) groups excluding carboxylic acids is 1. The largest absolute Gasteiger partial charge is 0.356 e. The Morgan fingerprint density at radius 1 is 1.02 bits per heavy atom. The summed E-state index contributed by atoms with van der Waals surface area (Å²) < 4.78 is 29.9. The third-order valence-corrected chi connectivity index (χ3v) is 9.17. The second-order valence-electron chi connectivity index (χ2n) is 12.2. The number of hydrogen-bond donors (Lipinski definition) is 1. The van der Waals surface area contributed by atoms with E-state index in [4.69, 9.17) is 4.98 Å². The fourth-order valence-electron chi connectivity index (χ4n) is 6.76. The van der Waals surface area contributed by atoms with E-state index in [1.165, 1.54) is 57.0 Å². The number of carbonyl (C=O) groups is 1. The molecule has 0 atom stereocenters. The summed E-state index contributed by atoms with van der Waals surface area (Å²) in [5.41, 5.74) is 1.46. The average molecular weight is 549 g/mol. The molecule has 1 aliphatic carbocycles. The summed E-state index contributed by atoms with van der Waals surface area (Å²) >= 11 is 0. The third-order valence-electron chi connectivity index (χ3n) is 9.17. The third kappa shape index (κ3) is 5.10. The number of unbranched alkanes of at least 4 members (excludes halogenated alkanes) is 1. The van der Waals surface area contributed by atoms with E-state index in [0.29, 0.717) is 17.1 Å². The Kier molecular flexibility index (Phi) is 7.31. The quantitative estimate of drug-likeness (QED) is 0.321. The fraction of sp³-hybridized carbons (Fsp3) is 0.548. The van der Waals surface area contributed by atoms with Gasteiger partial charge in [0.05, 0.1) is 16.7 Å². The molecule has 0 unspecified atom stereocenters. The Morgan fingerprint density at radius 3 is 2.55 bits per heavy atom. The molecule has 1 amide bonds. The number of nitrogens with zero attached hydrogens (tertiary/aromatic N) is 5. The standard InChI is InChI=1S/C31H38F2N6O/c1-31(2)26-27(37-30(31)40)34-19-35-29(26)38-15-12-21(13-16-38)28-36-25(22-10-11-23(32)24(33)17-22)18-39(28)14-6-5-9-20-7-3-4-8-20/h10-11,17-21H,3-9,12-16H2,1-2H3,(H,34,35,37,40). The molecule has 1 saturated heterocycles. The Balaban J connectivity index is 1.20. The van der Waals surface area contributed by atoms with Crippen LogP contribution in [0, 0.1) is 17.6 Å². The lowest BCUT2D eigenvalue weighted by atomic mass is 9.86. The van der Waals surface area contributed by atoms with E-state index in [0.717, 1.165) is 62.0 Å². The number of nitrogens with one attached hydrogen (secondary N) is 1. The predicted molar refractivity (Wildman–Crippen MR) is 151 cm³/mol. The molecule has 2 fully saturated rings. The van der Waals surface area contributed by atoms with Crippen molar-refractivity contribution in [3.63, 3.8) is 0 Å². The number of aryl methyl sites for hydroxylation is 1. The molecule has 9 heteroatoms. The highest BCUT2D eigenvalue weighted by molar-refractivity contribution is 6.06. The van der Waals surface area contributed by atoms with Crippen molar-refractivity contribution in [2.45, 2.75) is 89.5 Å². The van der Waals surface area contributed by atoms with E-state index >= 15 is 0 Å². The van der Waals surface area contributed by atoms with Crippen LogP contribution in [-0.4, -0.2) is 38.5 Å². The first-order valence-corrected chi connectivity index (χ1v) is 14.8. The van der Waals surface area contributed by atoms with Crippen LogP contribution in [-0.2, 0) is 16.8 Å². The Hall–Kier alpha value is -3.36. The highest BCUT2D eigenvalue weighted by atomic mass is 19.2. The number of fused-ring (bicyclic) bond motifs is 1. The first-order valence-electron chi connectivity index (χ1n) is 14.8. The number of hydrogen-bond acceptors (Lipinski definition) is 5. The molecule has 6 rings (SSSR count). The van der Waals surface area contributed by atoms with Gasteiger partial charge in [-0.2, -0.15) is 0 Å². The summed E-state index contributed by atoms with van der Waals surface area (Å²) in [4.78, 5) is 28.7.